The Morgan fingerprint density at radius 3 is 2.67 bits per heavy atom. The number of rotatable bonds is 2. The fraction of sp³-hybridized carbons (Fsp3) is 0.533. The number of carbonyl (C=O) groups excluding carboxylic acids is 1. The van der Waals surface area contributed by atoms with E-state index in [1.807, 2.05) is 13.8 Å². The van der Waals surface area contributed by atoms with Crippen LogP contribution in [0.4, 0.5) is 0 Å². The Balaban J connectivity index is 3.05. The van der Waals surface area contributed by atoms with Crippen LogP contribution in [0.1, 0.15) is 46.5 Å². The van der Waals surface area contributed by atoms with E-state index in [0.29, 0.717) is 12.8 Å². The molecule has 0 heterocycles. The molecule has 1 rings (SSSR count). The number of nitroso groups, excluding NO2 is 1. The van der Waals surface area contributed by atoms with Crippen LogP contribution in [0, 0.1) is 4.91 Å². The standard InChI is InChI=1S/C15H21NO2/c1-11-5-4-6-12(2)9-15(17)14(8-7-11)13(3)10-16-18/h6-7H,4-5,8-10H2,1-3H3/b11-7+,12-6?,14-13+. The zero-order valence-electron chi connectivity index (χ0n) is 11.5. The first-order valence-corrected chi connectivity index (χ1v) is 6.36. The zero-order chi connectivity index (χ0) is 13.5. The number of allylic oxidation sites excluding steroid dienone is 5. The predicted octanol–water partition coefficient (Wildman–Crippen LogP) is 4.11. The van der Waals surface area contributed by atoms with Crippen LogP contribution in [-0.2, 0) is 4.79 Å². The molecule has 0 aromatic carbocycles. The van der Waals surface area contributed by atoms with Gasteiger partial charge in [-0.25, -0.2) is 0 Å². The van der Waals surface area contributed by atoms with Gasteiger partial charge in [-0.05, 0) is 45.6 Å². The number of hydrogen-bond acceptors (Lipinski definition) is 3. The molecule has 0 fully saturated rings. The lowest BCUT2D eigenvalue weighted by atomic mass is 9.93. The highest BCUT2D eigenvalue weighted by Gasteiger charge is 2.13. The lowest BCUT2D eigenvalue weighted by Gasteiger charge is -2.11. The van der Waals surface area contributed by atoms with E-state index in [9.17, 15) is 9.70 Å². The number of Topliss-reactive ketones (excluding diaryl/α,β-unsaturated/α-hetero) is 1. The van der Waals surface area contributed by atoms with Crippen LogP contribution in [0.5, 0.6) is 0 Å². The molecule has 0 spiro atoms. The fourth-order valence-electron chi connectivity index (χ4n) is 2.08. The summed E-state index contributed by atoms with van der Waals surface area (Å²) in [7, 11) is 0. The number of hydrogen-bond donors (Lipinski definition) is 0. The molecule has 3 heteroatoms. The van der Waals surface area contributed by atoms with Crippen molar-refractivity contribution in [3.05, 3.63) is 39.4 Å². The van der Waals surface area contributed by atoms with Gasteiger partial charge in [0.25, 0.3) is 0 Å². The van der Waals surface area contributed by atoms with Crippen LogP contribution in [0.15, 0.2) is 39.6 Å². The summed E-state index contributed by atoms with van der Waals surface area (Å²) in [6, 6.07) is 0. The molecule has 0 radical (unpaired) electrons. The van der Waals surface area contributed by atoms with Crippen molar-refractivity contribution in [1.82, 2.24) is 0 Å². The van der Waals surface area contributed by atoms with Gasteiger partial charge in [0.05, 0.1) is 0 Å². The van der Waals surface area contributed by atoms with Gasteiger partial charge >= 0.3 is 0 Å². The molecule has 0 aliphatic heterocycles. The minimum absolute atomic E-state index is 0.108. The molecule has 0 unspecified atom stereocenters. The summed E-state index contributed by atoms with van der Waals surface area (Å²) in [5.74, 6) is 0.121. The summed E-state index contributed by atoms with van der Waals surface area (Å²) in [5, 5.41) is 2.88. The van der Waals surface area contributed by atoms with E-state index in [-0.39, 0.29) is 12.3 Å². The Kier molecular flexibility index (Phi) is 5.69. The van der Waals surface area contributed by atoms with Crippen LogP contribution in [0.2, 0.25) is 0 Å². The molecule has 0 aromatic heterocycles. The van der Waals surface area contributed by atoms with E-state index in [1.54, 1.807) is 0 Å². The Labute approximate surface area is 109 Å². The fourth-order valence-corrected chi connectivity index (χ4v) is 2.08. The number of ketones is 1. The van der Waals surface area contributed by atoms with Gasteiger partial charge in [0.15, 0.2) is 5.78 Å². The van der Waals surface area contributed by atoms with Crippen LogP contribution in [0.3, 0.4) is 0 Å². The first-order valence-electron chi connectivity index (χ1n) is 6.36. The molecule has 0 N–H and O–H groups in total. The summed E-state index contributed by atoms with van der Waals surface area (Å²) in [6.45, 7) is 6.00. The smallest absolute Gasteiger partial charge is 0.163 e. The van der Waals surface area contributed by atoms with E-state index in [2.05, 4.69) is 24.3 Å². The monoisotopic (exact) mass is 247 g/mol. The molecular formula is C15H21NO2. The van der Waals surface area contributed by atoms with E-state index >= 15 is 0 Å². The zero-order valence-corrected chi connectivity index (χ0v) is 11.5. The third-order valence-corrected chi connectivity index (χ3v) is 3.28. The van der Waals surface area contributed by atoms with Gasteiger partial charge in [-0.2, -0.15) is 4.91 Å². The average Bonchev–Trinajstić information content (AvgIpc) is 2.28. The molecule has 18 heavy (non-hydrogen) atoms. The van der Waals surface area contributed by atoms with Crippen molar-refractivity contribution >= 4 is 5.78 Å². The van der Waals surface area contributed by atoms with Crippen LogP contribution in [-0.4, -0.2) is 12.3 Å². The molecule has 98 valence electrons. The van der Waals surface area contributed by atoms with Gasteiger partial charge in [0, 0.05) is 12.0 Å². The molecule has 3 nitrogen and oxygen atoms in total. The molecule has 0 bridgehead atoms. The summed E-state index contributed by atoms with van der Waals surface area (Å²) in [5.41, 5.74) is 3.95. The minimum atomic E-state index is 0.108. The lowest BCUT2D eigenvalue weighted by Crippen LogP contribution is -2.07. The maximum absolute atomic E-state index is 12.2. The second-order valence-corrected chi connectivity index (χ2v) is 4.99. The van der Waals surface area contributed by atoms with Crippen molar-refractivity contribution in [3.8, 4) is 0 Å². The van der Waals surface area contributed by atoms with E-state index in [0.717, 1.165) is 29.6 Å². The Morgan fingerprint density at radius 2 is 2.00 bits per heavy atom. The topological polar surface area (TPSA) is 46.5 Å². The molecule has 0 atom stereocenters. The van der Waals surface area contributed by atoms with E-state index < -0.39 is 0 Å². The second kappa shape index (κ2) is 7.04. The first kappa shape index (κ1) is 14.6. The van der Waals surface area contributed by atoms with Crippen molar-refractivity contribution in [2.75, 3.05) is 6.54 Å². The highest BCUT2D eigenvalue weighted by molar-refractivity contribution is 5.97. The lowest BCUT2D eigenvalue weighted by molar-refractivity contribution is -0.115. The maximum atomic E-state index is 12.2. The van der Waals surface area contributed by atoms with Crippen molar-refractivity contribution in [3.63, 3.8) is 0 Å². The largest absolute Gasteiger partial charge is 0.294 e. The Morgan fingerprint density at radius 1 is 1.28 bits per heavy atom. The van der Waals surface area contributed by atoms with Crippen molar-refractivity contribution < 1.29 is 4.79 Å². The normalized spacial score (nSPS) is 23.8. The van der Waals surface area contributed by atoms with Crippen molar-refractivity contribution in [2.24, 2.45) is 5.18 Å². The SMILES string of the molecule is CC1=CCC/C(C)=C/C/C(=C(/C)CN=O)C(=O)C1. The summed E-state index contributed by atoms with van der Waals surface area (Å²) in [6.07, 6.45) is 7.33. The van der Waals surface area contributed by atoms with Gasteiger partial charge in [0.2, 0.25) is 0 Å². The van der Waals surface area contributed by atoms with E-state index in [1.165, 1.54) is 5.57 Å². The predicted molar refractivity (Wildman–Crippen MR) is 74.4 cm³/mol. The molecule has 0 amide bonds. The van der Waals surface area contributed by atoms with Gasteiger partial charge in [-0.3, -0.25) is 4.79 Å². The Hall–Kier alpha value is -1.51. The average molecular weight is 247 g/mol. The van der Waals surface area contributed by atoms with Crippen LogP contribution in [0.25, 0.3) is 0 Å². The van der Waals surface area contributed by atoms with Crippen molar-refractivity contribution in [2.45, 2.75) is 46.5 Å². The van der Waals surface area contributed by atoms with Crippen molar-refractivity contribution in [1.29, 1.82) is 0 Å². The highest BCUT2D eigenvalue weighted by Crippen LogP contribution is 2.20. The molecular weight excluding hydrogens is 226 g/mol. The van der Waals surface area contributed by atoms with Gasteiger partial charge in [-0.15, -0.1) is 0 Å². The molecule has 0 saturated heterocycles. The first-order chi connectivity index (χ1) is 8.54. The molecule has 0 saturated carbocycles. The highest BCUT2D eigenvalue weighted by atomic mass is 16.3. The quantitative estimate of drug-likeness (QED) is 0.419. The molecule has 1 aliphatic carbocycles. The molecule has 1 aliphatic rings. The Bertz CT molecular complexity index is 428. The van der Waals surface area contributed by atoms with Gasteiger partial charge in [0.1, 0.15) is 6.54 Å². The third-order valence-electron chi connectivity index (χ3n) is 3.28. The minimum Gasteiger partial charge on any atom is -0.294 e. The number of nitrogens with zero attached hydrogens (tertiary/aromatic N) is 1. The maximum Gasteiger partial charge on any atom is 0.163 e. The second-order valence-electron chi connectivity index (χ2n) is 4.99. The number of carbonyl (C=O) groups is 1. The van der Waals surface area contributed by atoms with Crippen LogP contribution < -0.4 is 0 Å². The van der Waals surface area contributed by atoms with E-state index in [4.69, 9.17) is 0 Å². The summed E-state index contributed by atoms with van der Waals surface area (Å²) in [4.78, 5) is 22.5. The van der Waals surface area contributed by atoms with Crippen LogP contribution >= 0.6 is 0 Å². The van der Waals surface area contributed by atoms with Gasteiger partial charge < -0.3 is 0 Å². The summed E-state index contributed by atoms with van der Waals surface area (Å²) < 4.78 is 0. The third kappa shape index (κ3) is 4.40. The summed E-state index contributed by atoms with van der Waals surface area (Å²) >= 11 is 0. The van der Waals surface area contributed by atoms with Gasteiger partial charge in [-0.1, -0.05) is 28.5 Å². The molecule has 0 aromatic rings.